The van der Waals surface area contributed by atoms with Crippen LogP contribution < -0.4 is 20.7 Å². The van der Waals surface area contributed by atoms with E-state index in [1.165, 1.54) is 17.7 Å². The maximum atomic E-state index is 13.0. The van der Waals surface area contributed by atoms with Crippen molar-refractivity contribution in [1.29, 1.82) is 0 Å². The number of guanidine groups is 1. The van der Waals surface area contributed by atoms with Crippen molar-refractivity contribution in [2.45, 2.75) is 38.6 Å². The van der Waals surface area contributed by atoms with E-state index in [4.69, 9.17) is 4.74 Å². The number of nitrogens with one attached hydrogen (secondary N) is 3. The summed E-state index contributed by atoms with van der Waals surface area (Å²) in [4.78, 5) is 16.3. The average Bonchev–Trinajstić information content (AvgIpc) is 3.58. The van der Waals surface area contributed by atoms with E-state index >= 15 is 0 Å². The Bertz CT molecular complexity index is 855. The molecule has 32 heavy (non-hydrogen) atoms. The molecular weight excluding hydrogens is 522 g/mol. The van der Waals surface area contributed by atoms with E-state index in [9.17, 15) is 9.18 Å². The van der Waals surface area contributed by atoms with Gasteiger partial charge >= 0.3 is 0 Å². The highest BCUT2D eigenvalue weighted by Crippen LogP contribution is 2.18. The second-order valence-electron chi connectivity index (χ2n) is 7.59. The summed E-state index contributed by atoms with van der Waals surface area (Å²) in [6.07, 6.45) is 3.74. The van der Waals surface area contributed by atoms with Crippen molar-refractivity contribution in [1.82, 2.24) is 16.0 Å². The van der Waals surface area contributed by atoms with E-state index in [0.717, 1.165) is 50.3 Å². The van der Waals surface area contributed by atoms with Crippen molar-refractivity contribution in [3.63, 3.8) is 0 Å². The number of benzene rings is 2. The van der Waals surface area contributed by atoms with Crippen LogP contribution in [0.1, 0.15) is 30.9 Å². The number of carbonyl (C=O) groups is 1. The number of hydrogen-bond acceptors (Lipinski definition) is 3. The highest BCUT2D eigenvalue weighted by molar-refractivity contribution is 14.0. The molecule has 174 valence electrons. The zero-order valence-electron chi connectivity index (χ0n) is 18.4. The molecule has 0 heterocycles. The summed E-state index contributed by atoms with van der Waals surface area (Å²) in [5.41, 5.74) is 2.23. The van der Waals surface area contributed by atoms with Crippen LogP contribution >= 0.6 is 24.0 Å². The van der Waals surface area contributed by atoms with Crippen LogP contribution in [-0.4, -0.2) is 44.1 Å². The number of nitrogens with zero attached hydrogens (tertiary/aromatic N) is 1. The van der Waals surface area contributed by atoms with Gasteiger partial charge < -0.3 is 20.7 Å². The van der Waals surface area contributed by atoms with Gasteiger partial charge in [0.05, 0.1) is 0 Å². The number of halogens is 2. The van der Waals surface area contributed by atoms with Crippen LogP contribution in [-0.2, 0) is 17.6 Å². The Hall–Kier alpha value is -2.36. The van der Waals surface area contributed by atoms with Gasteiger partial charge in [0.25, 0.3) is 5.91 Å². The predicted octanol–water partition coefficient (Wildman–Crippen LogP) is 3.44. The standard InChI is InChI=1S/C24H31FN4O2.HI/c1-2-26-24(27-15-13-18-3-7-20(25)8-4-18)28-16-14-19-5-11-22(12-6-19)31-17-23(30)29-21-9-10-21;/h3-8,11-12,21H,2,9-10,13-17H2,1H3,(H,29,30)(H2,26,27,28);1H. The fourth-order valence-electron chi connectivity index (χ4n) is 3.01. The molecule has 1 fully saturated rings. The number of carbonyl (C=O) groups excluding carboxylic acids is 1. The third-order valence-corrected chi connectivity index (χ3v) is 4.87. The van der Waals surface area contributed by atoms with Crippen LogP contribution in [0.3, 0.4) is 0 Å². The van der Waals surface area contributed by atoms with Crippen LogP contribution in [0.25, 0.3) is 0 Å². The Morgan fingerprint density at radius 2 is 1.69 bits per heavy atom. The second kappa shape index (κ2) is 13.9. The lowest BCUT2D eigenvalue weighted by atomic mass is 10.1. The van der Waals surface area contributed by atoms with Crippen LogP contribution in [0.2, 0.25) is 0 Å². The molecule has 0 atom stereocenters. The fourth-order valence-corrected chi connectivity index (χ4v) is 3.01. The first-order valence-electron chi connectivity index (χ1n) is 10.9. The SMILES string of the molecule is CCNC(=NCCc1ccc(F)cc1)NCCc1ccc(OCC(=O)NC2CC2)cc1.I. The molecule has 1 amide bonds. The smallest absolute Gasteiger partial charge is 0.258 e. The Balaban J connectivity index is 0.00000363. The van der Waals surface area contributed by atoms with E-state index in [0.29, 0.717) is 18.3 Å². The number of hydrogen-bond donors (Lipinski definition) is 3. The molecule has 8 heteroatoms. The normalized spacial score (nSPS) is 13.1. The van der Waals surface area contributed by atoms with E-state index < -0.39 is 0 Å². The Morgan fingerprint density at radius 3 is 2.34 bits per heavy atom. The summed E-state index contributed by atoms with van der Waals surface area (Å²) < 4.78 is 18.5. The van der Waals surface area contributed by atoms with Gasteiger partial charge in [0, 0.05) is 25.7 Å². The molecule has 0 spiro atoms. The molecule has 0 unspecified atom stereocenters. The maximum Gasteiger partial charge on any atom is 0.258 e. The second-order valence-corrected chi connectivity index (χ2v) is 7.59. The minimum Gasteiger partial charge on any atom is -0.484 e. The molecule has 6 nitrogen and oxygen atoms in total. The van der Waals surface area contributed by atoms with E-state index in [2.05, 4.69) is 20.9 Å². The first kappa shape index (κ1) is 25.9. The molecule has 0 bridgehead atoms. The molecule has 1 saturated carbocycles. The fraction of sp³-hybridized carbons (Fsp3) is 0.417. The minimum absolute atomic E-state index is 0. The average molecular weight is 554 g/mol. The van der Waals surface area contributed by atoms with Gasteiger partial charge in [-0.1, -0.05) is 24.3 Å². The maximum absolute atomic E-state index is 13.0. The van der Waals surface area contributed by atoms with Gasteiger partial charge in [-0.3, -0.25) is 9.79 Å². The van der Waals surface area contributed by atoms with E-state index in [-0.39, 0.29) is 42.3 Å². The van der Waals surface area contributed by atoms with Gasteiger partial charge in [-0.05, 0) is 68.0 Å². The van der Waals surface area contributed by atoms with Crippen LogP contribution in [0.4, 0.5) is 4.39 Å². The minimum atomic E-state index is -0.221. The van der Waals surface area contributed by atoms with Crippen molar-refractivity contribution in [2.24, 2.45) is 4.99 Å². The van der Waals surface area contributed by atoms with E-state index in [1.54, 1.807) is 12.1 Å². The number of rotatable bonds is 11. The van der Waals surface area contributed by atoms with Crippen molar-refractivity contribution >= 4 is 35.8 Å². The molecule has 0 aromatic heterocycles. The third kappa shape index (κ3) is 9.84. The van der Waals surface area contributed by atoms with Gasteiger partial charge in [-0.25, -0.2) is 4.39 Å². The van der Waals surface area contributed by atoms with Gasteiger partial charge in [0.2, 0.25) is 0 Å². The lowest BCUT2D eigenvalue weighted by Gasteiger charge is -2.12. The monoisotopic (exact) mass is 554 g/mol. The molecule has 1 aliphatic rings. The highest BCUT2D eigenvalue weighted by atomic mass is 127. The zero-order chi connectivity index (χ0) is 21.9. The first-order valence-corrected chi connectivity index (χ1v) is 10.9. The summed E-state index contributed by atoms with van der Waals surface area (Å²) in [5.74, 6) is 1.18. The third-order valence-electron chi connectivity index (χ3n) is 4.87. The van der Waals surface area contributed by atoms with Crippen molar-refractivity contribution < 1.29 is 13.9 Å². The molecular formula is C24H32FIN4O2. The molecule has 2 aromatic carbocycles. The molecule has 1 aliphatic carbocycles. The summed E-state index contributed by atoms with van der Waals surface area (Å²) in [6.45, 7) is 4.23. The topological polar surface area (TPSA) is 74.8 Å². The largest absolute Gasteiger partial charge is 0.484 e. The zero-order valence-corrected chi connectivity index (χ0v) is 20.7. The lowest BCUT2D eigenvalue weighted by Crippen LogP contribution is -2.38. The van der Waals surface area contributed by atoms with Crippen LogP contribution in [0.5, 0.6) is 5.75 Å². The van der Waals surface area contributed by atoms with Crippen LogP contribution in [0, 0.1) is 5.82 Å². The molecule has 0 saturated heterocycles. The molecule has 0 radical (unpaired) electrons. The number of ether oxygens (including phenoxy) is 1. The lowest BCUT2D eigenvalue weighted by molar-refractivity contribution is -0.123. The Labute approximate surface area is 206 Å². The quantitative estimate of drug-likeness (QED) is 0.226. The molecule has 0 aliphatic heterocycles. The number of amides is 1. The van der Waals surface area contributed by atoms with Gasteiger partial charge in [-0.2, -0.15) is 0 Å². The summed E-state index contributed by atoms with van der Waals surface area (Å²) >= 11 is 0. The first-order chi connectivity index (χ1) is 15.1. The molecule has 3 N–H and O–H groups in total. The molecule has 3 rings (SSSR count). The summed E-state index contributed by atoms with van der Waals surface area (Å²) in [6, 6.07) is 14.7. The van der Waals surface area contributed by atoms with Crippen molar-refractivity contribution in [3.05, 3.63) is 65.5 Å². The molecule has 2 aromatic rings. The Morgan fingerprint density at radius 1 is 1.03 bits per heavy atom. The summed E-state index contributed by atoms with van der Waals surface area (Å²) in [7, 11) is 0. The summed E-state index contributed by atoms with van der Waals surface area (Å²) in [5, 5.41) is 9.48. The van der Waals surface area contributed by atoms with Crippen LogP contribution in [0.15, 0.2) is 53.5 Å². The van der Waals surface area contributed by atoms with E-state index in [1.807, 2.05) is 31.2 Å². The predicted molar refractivity (Wildman–Crippen MR) is 136 cm³/mol. The Kier molecular flexibility index (Phi) is 11.3. The van der Waals surface area contributed by atoms with Gasteiger partial charge in [0.15, 0.2) is 12.6 Å². The highest BCUT2D eigenvalue weighted by Gasteiger charge is 2.23. The van der Waals surface area contributed by atoms with Crippen molar-refractivity contribution in [2.75, 3.05) is 26.2 Å². The van der Waals surface area contributed by atoms with Gasteiger partial charge in [0.1, 0.15) is 11.6 Å². The van der Waals surface area contributed by atoms with Gasteiger partial charge in [-0.15, -0.1) is 24.0 Å². The number of aliphatic imine (C=N–C) groups is 1. The van der Waals surface area contributed by atoms with Crippen molar-refractivity contribution in [3.8, 4) is 5.75 Å².